The van der Waals surface area contributed by atoms with Gasteiger partial charge in [-0.25, -0.2) is 4.79 Å². The topological polar surface area (TPSA) is 35.6 Å². The van der Waals surface area contributed by atoms with Gasteiger partial charge in [0.1, 0.15) is 0 Å². The minimum absolute atomic E-state index is 0.0635. The fraction of sp³-hybridized carbons (Fsp3) is 0.611. The van der Waals surface area contributed by atoms with E-state index < -0.39 is 0 Å². The SMILES string of the molecule is O=C(Nc1ccccc1N1CCCC1)N1CCCCCCC1. The Bertz CT molecular complexity index is 489. The number of nitrogens with one attached hydrogen (secondary N) is 1. The van der Waals surface area contributed by atoms with E-state index in [0.29, 0.717) is 0 Å². The van der Waals surface area contributed by atoms with Crippen molar-refractivity contribution >= 4 is 17.4 Å². The molecule has 1 aromatic carbocycles. The van der Waals surface area contributed by atoms with Crippen LogP contribution < -0.4 is 10.2 Å². The molecule has 3 rings (SSSR count). The summed E-state index contributed by atoms with van der Waals surface area (Å²) in [5, 5.41) is 3.15. The van der Waals surface area contributed by atoms with Crippen molar-refractivity contribution in [3.63, 3.8) is 0 Å². The molecule has 2 aliphatic heterocycles. The molecule has 2 aliphatic rings. The quantitative estimate of drug-likeness (QED) is 0.893. The molecule has 2 saturated heterocycles. The van der Waals surface area contributed by atoms with Crippen LogP contribution in [0.3, 0.4) is 0 Å². The van der Waals surface area contributed by atoms with E-state index in [4.69, 9.17) is 0 Å². The van der Waals surface area contributed by atoms with E-state index in [1.807, 2.05) is 17.0 Å². The van der Waals surface area contributed by atoms with Crippen LogP contribution in [0, 0.1) is 0 Å². The van der Waals surface area contributed by atoms with Crippen molar-refractivity contribution in [1.29, 1.82) is 0 Å². The average molecular weight is 301 g/mol. The largest absolute Gasteiger partial charge is 0.370 e. The first-order chi connectivity index (χ1) is 10.8. The third-order valence-corrected chi connectivity index (χ3v) is 4.74. The second-order valence-corrected chi connectivity index (χ2v) is 6.40. The van der Waals surface area contributed by atoms with Crippen LogP contribution in [-0.2, 0) is 0 Å². The number of benzene rings is 1. The lowest BCUT2D eigenvalue weighted by atomic mass is 10.1. The van der Waals surface area contributed by atoms with Gasteiger partial charge in [0, 0.05) is 26.2 Å². The minimum atomic E-state index is 0.0635. The van der Waals surface area contributed by atoms with E-state index in [1.165, 1.54) is 37.8 Å². The van der Waals surface area contributed by atoms with Gasteiger partial charge in [0.2, 0.25) is 0 Å². The number of para-hydroxylation sites is 2. The van der Waals surface area contributed by atoms with Crippen LogP contribution >= 0.6 is 0 Å². The molecule has 1 N–H and O–H groups in total. The molecule has 4 heteroatoms. The number of anilines is 2. The van der Waals surface area contributed by atoms with Gasteiger partial charge in [-0.05, 0) is 37.8 Å². The number of urea groups is 1. The first-order valence-electron chi connectivity index (χ1n) is 8.74. The van der Waals surface area contributed by atoms with Gasteiger partial charge in [0.15, 0.2) is 0 Å². The molecule has 0 atom stereocenters. The van der Waals surface area contributed by atoms with Gasteiger partial charge in [-0.15, -0.1) is 0 Å². The van der Waals surface area contributed by atoms with E-state index in [2.05, 4.69) is 22.3 Å². The zero-order valence-corrected chi connectivity index (χ0v) is 13.4. The maximum Gasteiger partial charge on any atom is 0.321 e. The third-order valence-electron chi connectivity index (χ3n) is 4.74. The highest BCUT2D eigenvalue weighted by Gasteiger charge is 2.19. The van der Waals surface area contributed by atoms with Gasteiger partial charge in [0.25, 0.3) is 0 Å². The lowest BCUT2D eigenvalue weighted by Gasteiger charge is -2.27. The van der Waals surface area contributed by atoms with Crippen molar-refractivity contribution in [2.45, 2.75) is 44.9 Å². The maximum atomic E-state index is 12.6. The van der Waals surface area contributed by atoms with Gasteiger partial charge in [0.05, 0.1) is 11.4 Å². The van der Waals surface area contributed by atoms with Crippen LogP contribution in [0.15, 0.2) is 24.3 Å². The highest BCUT2D eigenvalue weighted by atomic mass is 16.2. The lowest BCUT2D eigenvalue weighted by molar-refractivity contribution is 0.206. The van der Waals surface area contributed by atoms with Crippen LogP contribution in [0.5, 0.6) is 0 Å². The molecule has 2 fully saturated rings. The number of carbonyl (C=O) groups excluding carboxylic acids is 1. The second kappa shape index (κ2) is 7.52. The molecule has 2 amide bonds. The Kier molecular flexibility index (Phi) is 5.20. The van der Waals surface area contributed by atoms with Crippen LogP contribution in [0.25, 0.3) is 0 Å². The summed E-state index contributed by atoms with van der Waals surface area (Å²) in [6.07, 6.45) is 8.54. The van der Waals surface area contributed by atoms with Crippen LogP contribution in [0.2, 0.25) is 0 Å². The Morgan fingerprint density at radius 3 is 2.14 bits per heavy atom. The molecule has 1 aromatic rings. The van der Waals surface area contributed by atoms with Crippen molar-refractivity contribution in [2.24, 2.45) is 0 Å². The van der Waals surface area contributed by atoms with Crippen LogP contribution in [0.1, 0.15) is 44.9 Å². The van der Waals surface area contributed by atoms with Crippen molar-refractivity contribution in [1.82, 2.24) is 4.90 Å². The first kappa shape index (κ1) is 15.2. The number of carbonyl (C=O) groups is 1. The number of rotatable bonds is 2. The molecule has 0 aromatic heterocycles. The number of hydrogen-bond acceptors (Lipinski definition) is 2. The van der Waals surface area contributed by atoms with Crippen molar-refractivity contribution in [3.05, 3.63) is 24.3 Å². The number of likely N-dealkylation sites (tertiary alicyclic amines) is 1. The highest BCUT2D eigenvalue weighted by Crippen LogP contribution is 2.29. The average Bonchev–Trinajstić information content (AvgIpc) is 3.01. The summed E-state index contributed by atoms with van der Waals surface area (Å²) >= 11 is 0. The van der Waals surface area contributed by atoms with E-state index in [9.17, 15) is 4.79 Å². The molecule has 4 nitrogen and oxygen atoms in total. The fourth-order valence-corrected chi connectivity index (χ4v) is 3.46. The molecule has 0 radical (unpaired) electrons. The van der Waals surface area contributed by atoms with Gasteiger partial charge < -0.3 is 15.1 Å². The summed E-state index contributed by atoms with van der Waals surface area (Å²) in [6, 6.07) is 8.26. The van der Waals surface area contributed by atoms with Crippen molar-refractivity contribution < 1.29 is 4.79 Å². The zero-order valence-electron chi connectivity index (χ0n) is 13.4. The summed E-state index contributed by atoms with van der Waals surface area (Å²) in [5.41, 5.74) is 2.12. The maximum absolute atomic E-state index is 12.6. The van der Waals surface area contributed by atoms with Crippen molar-refractivity contribution in [3.8, 4) is 0 Å². The number of nitrogens with zero attached hydrogens (tertiary/aromatic N) is 2. The third kappa shape index (κ3) is 3.73. The first-order valence-corrected chi connectivity index (χ1v) is 8.74. The molecular formula is C18H27N3O. The fourth-order valence-electron chi connectivity index (χ4n) is 3.46. The Morgan fingerprint density at radius 1 is 0.818 bits per heavy atom. The molecule has 2 heterocycles. The Labute approximate surface area is 133 Å². The minimum Gasteiger partial charge on any atom is -0.370 e. The molecule has 0 saturated carbocycles. The molecule has 0 bridgehead atoms. The molecule has 0 spiro atoms. The van der Waals surface area contributed by atoms with Gasteiger partial charge in [-0.2, -0.15) is 0 Å². The summed E-state index contributed by atoms with van der Waals surface area (Å²) in [4.78, 5) is 17.0. The second-order valence-electron chi connectivity index (χ2n) is 6.40. The van der Waals surface area contributed by atoms with E-state index in [-0.39, 0.29) is 6.03 Å². The Morgan fingerprint density at radius 2 is 1.41 bits per heavy atom. The van der Waals surface area contributed by atoms with Crippen LogP contribution in [0.4, 0.5) is 16.2 Å². The highest BCUT2D eigenvalue weighted by molar-refractivity contribution is 5.93. The normalized spacial score (nSPS) is 19.6. The van der Waals surface area contributed by atoms with E-state index in [0.717, 1.165) is 44.7 Å². The summed E-state index contributed by atoms with van der Waals surface area (Å²) in [7, 11) is 0. The van der Waals surface area contributed by atoms with Gasteiger partial charge in [-0.3, -0.25) is 0 Å². The smallest absolute Gasteiger partial charge is 0.321 e. The van der Waals surface area contributed by atoms with Crippen molar-refractivity contribution in [2.75, 3.05) is 36.4 Å². The standard InChI is InChI=1S/C18H27N3O/c22-18(21-14-6-2-1-3-7-15-21)19-16-10-4-5-11-17(16)20-12-8-9-13-20/h4-5,10-11H,1-3,6-9,12-15H2,(H,19,22). The van der Waals surface area contributed by atoms with Gasteiger partial charge >= 0.3 is 6.03 Å². The van der Waals surface area contributed by atoms with E-state index >= 15 is 0 Å². The Balaban J connectivity index is 1.67. The van der Waals surface area contributed by atoms with Gasteiger partial charge in [-0.1, -0.05) is 31.4 Å². The molecule has 22 heavy (non-hydrogen) atoms. The summed E-state index contributed by atoms with van der Waals surface area (Å²) < 4.78 is 0. The predicted octanol–water partition coefficient (Wildman–Crippen LogP) is 4.08. The summed E-state index contributed by atoms with van der Waals surface area (Å²) in [5.74, 6) is 0. The van der Waals surface area contributed by atoms with Crippen LogP contribution in [-0.4, -0.2) is 37.1 Å². The zero-order chi connectivity index (χ0) is 15.2. The molecular weight excluding hydrogens is 274 g/mol. The molecule has 0 aliphatic carbocycles. The Hall–Kier alpha value is -1.71. The summed E-state index contributed by atoms with van der Waals surface area (Å²) in [6.45, 7) is 3.96. The number of amides is 2. The predicted molar refractivity (Wildman–Crippen MR) is 91.6 cm³/mol. The molecule has 0 unspecified atom stereocenters. The molecule has 120 valence electrons. The lowest BCUT2D eigenvalue weighted by Crippen LogP contribution is -2.37. The van der Waals surface area contributed by atoms with E-state index in [1.54, 1.807) is 0 Å². The monoisotopic (exact) mass is 301 g/mol. The number of hydrogen-bond donors (Lipinski definition) is 1.